The predicted octanol–water partition coefficient (Wildman–Crippen LogP) is 1.38. The summed E-state index contributed by atoms with van der Waals surface area (Å²) in [5.41, 5.74) is -0.0732. The quantitative estimate of drug-likeness (QED) is 0.698. The molecule has 2 fully saturated rings. The lowest BCUT2D eigenvalue weighted by atomic mass is 9.64. The second-order valence-electron chi connectivity index (χ2n) is 6.19. The van der Waals surface area contributed by atoms with Gasteiger partial charge in [-0.2, -0.15) is 0 Å². The van der Waals surface area contributed by atoms with Gasteiger partial charge in [0.05, 0.1) is 12.0 Å². The lowest BCUT2D eigenvalue weighted by Crippen LogP contribution is -2.62. The second-order valence-corrected chi connectivity index (χ2v) is 6.19. The highest BCUT2D eigenvalue weighted by molar-refractivity contribution is 5.70. The summed E-state index contributed by atoms with van der Waals surface area (Å²) in [5, 5.41) is 22.3. The van der Waals surface area contributed by atoms with Crippen molar-refractivity contribution in [3.05, 3.63) is 0 Å². The van der Waals surface area contributed by atoms with Crippen LogP contribution < -0.4 is 5.32 Å². The van der Waals surface area contributed by atoms with Gasteiger partial charge >= 0.3 is 5.97 Å². The smallest absolute Gasteiger partial charge is 0.306 e. The molecule has 0 aromatic rings. The molecule has 2 aliphatic rings. The van der Waals surface area contributed by atoms with Crippen LogP contribution in [0.25, 0.3) is 0 Å². The minimum absolute atomic E-state index is 0.0732. The zero-order valence-electron chi connectivity index (χ0n) is 10.6. The van der Waals surface area contributed by atoms with Crippen molar-refractivity contribution in [2.24, 2.45) is 11.3 Å². The summed E-state index contributed by atoms with van der Waals surface area (Å²) in [4.78, 5) is 11.0. The fourth-order valence-corrected chi connectivity index (χ4v) is 3.04. The van der Waals surface area contributed by atoms with Gasteiger partial charge in [0.15, 0.2) is 0 Å². The van der Waals surface area contributed by atoms with E-state index >= 15 is 0 Å². The third-order valence-electron chi connectivity index (χ3n) is 4.68. The molecule has 98 valence electrons. The summed E-state index contributed by atoms with van der Waals surface area (Å²) in [6, 6.07) is 0.636. The lowest BCUT2D eigenvalue weighted by Gasteiger charge is -2.51. The van der Waals surface area contributed by atoms with Crippen molar-refractivity contribution in [3.8, 4) is 0 Å². The highest BCUT2D eigenvalue weighted by Crippen LogP contribution is 2.41. The largest absolute Gasteiger partial charge is 0.481 e. The first kappa shape index (κ1) is 12.8. The number of carboxylic acid groups (broad SMARTS) is 1. The van der Waals surface area contributed by atoms with E-state index in [4.69, 9.17) is 5.11 Å². The Balaban J connectivity index is 1.86. The summed E-state index contributed by atoms with van der Waals surface area (Å²) in [6.45, 7) is 4.13. The molecule has 0 amide bonds. The molecule has 0 aromatic heterocycles. The summed E-state index contributed by atoms with van der Waals surface area (Å²) < 4.78 is 0. The van der Waals surface area contributed by atoms with Crippen LogP contribution in [0.4, 0.5) is 0 Å². The van der Waals surface area contributed by atoms with Crippen LogP contribution in [0, 0.1) is 11.3 Å². The third kappa shape index (κ3) is 2.47. The molecule has 4 heteroatoms. The van der Waals surface area contributed by atoms with Gasteiger partial charge in [0.1, 0.15) is 0 Å². The minimum atomic E-state index is -0.663. The number of carbonyl (C=O) groups is 1. The van der Waals surface area contributed by atoms with Crippen LogP contribution in [0.15, 0.2) is 0 Å². The number of carboxylic acids is 1. The van der Waals surface area contributed by atoms with E-state index < -0.39 is 5.97 Å². The Hall–Kier alpha value is -0.610. The molecule has 0 radical (unpaired) electrons. The number of aliphatic carboxylic acids is 1. The number of rotatable bonds is 3. The molecule has 17 heavy (non-hydrogen) atoms. The first-order chi connectivity index (χ1) is 7.91. The Bertz CT molecular complexity index is 303. The first-order valence-electron chi connectivity index (χ1n) is 6.58. The maximum absolute atomic E-state index is 11.0. The van der Waals surface area contributed by atoms with Gasteiger partial charge in [0.25, 0.3) is 0 Å². The van der Waals surface area contributed by atoms with Crippen LogP contribution in [-0.4, -0.2) is 34.4 Å². The minimum Gasteiger partial charge on any atom is -0.481 e. The SMILES string of the molecule is CC1(C)C(O)CC1NC1CCCC(C(=O)O)C1. The maximum atomic E-state index is 11.0. The van der Waals surface area contributed by atoms with Crippen molar-refractivity contribution in [3.63, 3.8) is 0 Å². The predicted molar refractivity (Wildman–Crippen MR) is 64.7 cm³/mol. The highest BCUT2D eigenvalue weighted by atomic mass is 16.4. The molecule has 0 aliphatic heterocycles. The Morgan fingerprint density at radius 1 is 1.29 bits per heavy atom. The van der Waals surface area contributed by atoms with Crippen molar-refractivity contribution >= 4 is 5.97 Å². The van der Waals surface area contributed by atoms with Crippen molar-refractivity contribution in [1.29, 1.82) is 0 Å². The number of aliphatic hydroxyl groups is 1. The number of hydrogen-bond donors (Lipinski definition) is 3. The maximum Gasteiger partial charge on any atom is 0.306 e. The second kappa shape index (κ2) is 4.58. The molecule has 2 aliphatic carbocycles. The molecule has 0 heterocycles. The van der Waals surface area contributed by atoms with Crippen LogP contribution in [0.2, 0.25) is 0 Å². The van der Waals surface area contributed by atoms with Crippen LogP contribution >= 0.6 is 0 Å². The summed E-state index contributed by atoms with van der Waals surface area (Å²) in [7, 11) is 0. The van der Waals surface area contributed by atoms with E-state index in [9.17, 15) is 9.90 Å². The van der Waals surface area contributed by atoms with Gasteiger partial charge in [-0.05, 0) is 25.7 Å². The van der Waals surface area contributed by atoms with Gasteiger partial charge in [-0.3, -0.25) is 4.79 Å². The normalized spacial score (nSPS) is 40.6. The molecule has 0 spiro atoms. The molecule has 2 saturated carbocycles. The van der Waals surface area contributed by atoms with E-state index in [1.165, 1.54) is 0 Å². The van der Waals surface area contributed by atoms with Gasteiger partial charge in [-0.1, -0.05) is 20.3 Å². The number of aliphatic hydroxyl groups excluding tert-OH is 1. The van der Waals surface area contributed by atoms with Gasteiger partial charge in [0, 0.05) is 17.5 Å². The summed E-state index contributed by atoms with van der Waals surface area (Å²) >= 11 is 0. The summed E-state index contributed by atoms with van der Waals surface area (Å²) in [5.74, 6) is -0.848. The van der Waals surface area contributed by atoms with E-state index in [1.54, 1.807) is 0 Å². The first-order valence-corrected chi connectivity index (χ1v) is 6.58. The van der Waals surface area contributed by atoms with Gasteiger partial charge in [-0.25, -0.2) is 0 Å². The Morgan fingerprint density at radius 3 is 2.53 bits per heavy atom. The van der Waals surface area contributed by atoms with E-state index in [2.05, 4.69) is 19.2 Å². The standard InChI is InChI=1S/C13H23NO3/c1-13(2)10(7-11(13)15)14-9-5-3-4-8(6-9)12(16)17/h8-11,14-15H,3-7H2,1-2H3,(H,16,17). The third-order valence-corrected chi connectivity index (χ3v) is 4.68. The van der Waals surface area contributed by atoms with Crippen molar-refractivity contribution in [1.82, 2.24) is 5.32 Å². The van der Waals surface area contributed by atoms with Gasteiger partial charge in [-0.15, -0.1) is 0 Å². The van der Waals surface area contributed by atoms with E-state index in [-0.39, 0.29) is 17.4 Å². The van der Waals surface area contributed by atoms with Gasteiger partial charge in [0.2, 0.25) is 0 Å². The molecule has 0 saturated heterocycles. The molecule has 4 nitrogen and oxygen atoms in total. The Morgan fingerprint density at radius 2 is 2.00 bits per heavy atom. The van der Waals surface area contributed by atoms with E-state index in [1.807, 2.05) is 0 Å². The topological polar surface area (TPSA) is 69.6 Å². The van der Waals surface area contributed by atoms with Crippen molar-refractivity contribution in [2.75, 3.05) is 0 Å². The fourth-order valence-electron chi connectivity index (χ4n) is 3.04. The van der Waals surface area contributed by atoms with Crippen molar-refractivity contribution in [2.45, 2.75) is 64.1 Å². The number of hydrogen-bond acceptors (Lipinski definition) is 3. The Labute approximate surface area is 102 Å². The zero-order chi connectivity index (χ0) is 12.6. The average molecular weight is 241 g/mol. The molecule has 2 rings (SSSR count). The molecule has 0 aromatic carbocycles. The number of nitrogens with one attached hydrogen (secondary N) is 1. The van der Waals surface area contributed by atoms with Crippen LogP contribution in [0.3, 0.4) is 0 Å². The monoisotopic (exact) mass is 241 g/mol. The lowest BCUT2D eigenvalue weighted by molar-refractivity contribution is -0.143. The molecule has 3 N–H and O–H groups in total. The van der Waals surface area contributed by atoms with Crippen LogP contribution in [0.5, 0.6) is 0 Å². The van der Waals surface area contributed by atoms with Crippen LogP contribution in [-0.2, 0) is 4.79 Å². The molecular formula is C13H23NO3. The van der Waals surface area contributed by atoms with Crippen molar-refractivity contribution < 1.29 is 15.0 Å². The van der Waals surface area contributed by atoms with E-state index in [0.717, 1.165) is 32.1 Å². The highest BCUT2D eigenvalue weighted by Gasteiger charge is 2.48. The summed E-state index contributed by atoms with van der Waals surface area (Å²) in [6.07, 6.45) is 4.17. The fraction of sp³-hybridized carbons (Fsp3) is 0.923. The average Bonchev–Trinajstić information content (AvgIpc) is 2.29. The molecule has 0 bridgehead atoms. The van der Waals surface area contributed by atoms with Gasteiger partial charge < -0.3 is 15.5 Å². The Kier molecular flexibility index (Phi) is 3.46. The molecule has 4 atom stereocenters. The zero-order valence-corrected chi connectivity index (χ0v) is 10.6. The molecular weight excluding hydrogens is 218 g/mol. The molecule has 4 unspecified atom stereocenters. The van der Waals surface area contributed by atoms with E-state index in [0.29, 0.717) is 12.1 Å². The van der Waals surface area contributed by atoms with Crippen LogP contribution in [0.1, 0.15) is 46.0 Å².